The number of aliphatic hydroxyl groups is 1. The second kappa shape index (κ2) is 39.4. The molecule has 11 aliphatic rings. The van der Waals surface area contributed by atoms with Crippen LogP contribution >= 0.6 is 0 Å². The molecule has 0 amide bonds. The molecule has 11 aliphatic heterocycles. The molecule has 628 valence electrons. The van der Waals surface area contributed by atoms with E-state index in [1.165, 1.54) is 204 Å². The van der Waals surface area contributed by atoms with Gasteiger partial charge in [-0.1, -0.05) is 13.3 Å². The second-order valence-electron chi connectivity index (χ2n) is 34.4. The maximum absolute atomic E-state index is 13.9. The molecule has 2 N–H and O–H groups in total. The molecule has 0 saturated carbocycles. The second-order valence-corrected chi connectivity index (χ2v) is 34.4. The van der Waals surface area contributed by atoms with Gasteiger partial charge in [-0.2, -0.15) is 51.0 Å². The van der Waals surface area contributed by atoms with Crippen molar-refractivity contribution >= 4 is 0 Å². The van der Waals surface area contributed by atoms with E-state index < -0.39 is 11.3 Å². The molecule has 0 radical (unpaired) electrons. The summed E-state index contributed by atoms with van der Waals surface area (Å²) >= 11 is 0. The van der Waals surface area contributed by atoms with E-state index in [0.29, 0.717) is 13.0 Å². The van der Waals surface area contributed by atoms with Crippen LogP contribution in [0.5, 0.6) is 0 Å². The molecule has 4 unspecified atom stereocenters. The van der Waals surface area contributed by atoms with E-state index in [1.807, 2.05) is 77.5 Å². The van der Waals surface area contributed by atoms with Gasteiger partial charge >= 0.3 is 0 Å². The first-order valence-electron chi connectivity index (χ1n) is 43.0. The highest BCUT2D eigenvalue weighted by atomic mass is 19.1. The lowest BCUT2D eigenvalue weighted by Crippen LogP contribution is -2.39. The fourth-order valence-electron chi connectivity index (χ4n) is 17.7. The van der Waals surface area contributed by atoms with Crippen LogP contribution in [-0.2, 0) is 144 Å². The zero-order valence-corrected chi connectivity index (χ0v) is 72.5. The summed E-state index contributed by atoms with van der Waals surface area (Å²) in [6.45, 7) is 48.4. The Hall–Kier alpha value is -8.21. The number of rotatable bonds is 3. The minimum atomic E-state index is -1.17. The number of alkyl halides is 1. The van der Waals surface area contributed by atoms with Crippen molar-refractivity contribution in [3.05, 3.63) is 174 Å². The number of aryl methyl sites for hydroxylation is 13. The molecular formula is C88H135FN22O4. The van der Waals surface area contributed by atoms with Crippen molar-refractivity contribution in [2.45, 2.75) is 334 Å². The van der Waals surface area contributed by atoms with Gasteiger partial charge in [0.05, 0.1) is 161 Å². The normalized spacial score (nSPS) is 22.3. The summed E-state index contributed by atoms with van der Waals surface area (Å²) in [6, 6.07) is 0.749. The van der Waals surface area contributed by atoms with Gasteiger partial charge in [0.1, 0.15) is 5.67 Å². The number of methoxy groups -OCH3 is 1. The van der Waals surface area contributed by atoms with E-state index in [-0.39, 0.29) is 5.60 Å². The van der Waals surface area contributed by atoms with Gasteiger partial charge in [-0.05, 0) is 287 Å². The molecule has 0 bridgehead atoms. The van der Waals surface area contributed by atoms with Crippen LogP contribution in [0.4, 0.5) is 4.39 Å². The zero-order valence-electron chi connectivity index (χ0n) is 72.5. The van der Waals surface area contributed by atoms with E-state index in [9.17, 15) is 9.50 Å². The van der Waals surface area contributed by atoms with Crippen LogP contribution in [0.1, 0.15) is 229 Å². The van der Waals surface area contributed by atoms with Gasteiger partial charge in [-0.25, -0.2) is 4.39 Å². The predicted molar refractivity (Wildman–Crippen MR) is 447 cm³/mol. The fraction of sp³-hybridized carbons (Fsp3) is 0.659. The van der Waals surface area contributed by atoms with Gasteiger partial charge in [0, 0.05) is 86.6 Å². The summed E-state index contributed by atoms with van der Waals surface area (Å²) in [5, 5.41) is 55.9. The first kappa shape index (κ1) is 86.1. The SMILES string of the molecule is CC[C@H]1CCc2c(C)cnn2C1.COC1(C)CCc2c(C)cnn2C1.Cc1cnn2c1C(C)(F)CCC2.Cc1cnn2c1CCC(C)(O)C2.Cc1cnn2c1CCC(N1CCCC1)C2.Cc1cnn2c1CCCC2.Cc1cnn2c1CNCC2.Cc1cnn2c1COCC2.Cc1cnn2c1COCC2.Cc1nn2c(c1C)CCCC2. The van der Waals surface area contributed by atoms with Crippen LogP contribution in [0.2, 0.25) is 0 Å². The Bertz CT molecular complexity index is 4520. The van der Waals surface area contributed by atoms with Gasteiger partial charge in [-0.15, -0.1) is 0 Å². The van der Waals surface area contributed by atoms with Gasteiger partial charge in [0.2, 0.25) is 0 Å². The number of fused-ring (bicyclic) bond motifs is 10. The molecule has 115 heavy (non-hydrogen) atoms. The van der Waals surface area contributed by atoms with Crippen LogP contribution in [0.3, 0.4) is 0 Å². The Kier molecular flexibility index (Phi) is 29.5. The molecule has 0 aliphatic carbocycles. The lowest BCUT2D eigenvalue weighted by Gasteiger charge is -2.33. The van der Waals surface area contributed by atoms with Crippen LogP contribution in [0.25, 0.3) is 0 Å². The van der Waals surface area contributed by atoms with Crippen LogP contribution in [0.15, 0.2) is 55.8 Å². The van der Waals surface area contributed by atoms with Gasteiger partial charge in [0.15, 0.2) is 0 Å². The highest BCUT2D eigenvalue weighted by molar-refractivity contribution is 5.27. The maximum Gasteiger partial charge on any atom is 0.149 e. The number of likely N-dealkylation sites (tertiary alicyclic amines) is 1. The molecule has 21 heterocycles. The van der Waals surface area contributed by atoms with Crippen molar-refractivity contribution in [2.75, 3.05) is 40.0 Å². The Morgan fingerprint density at radius 2 is 0.870 bits per heavy atom. The summed E-state index contributed by atoms with van der Waals surface area (Å²) < 4.78 is 50.5. The van der Waals surface area contributed by atoms with E-state index in [4.69, 9.17) is 14.2 Å². The van der Waals surface area contributed by atoms with Crippen molar-refractivity contribution < 1.29 is 23.7 Å². The third-order valence-corrected chi connectivity index (χ3v) is 25.4. The molecule has 5 atom stereocenters. The Balaban J connectivity index is 0.000000118. The van der Waals surface area contributed by atoms with E-state index in [2.05, 4.69) is 172 Å². The minimum Gasteiger partial charge on any atom is -0.388 e. The molecule has 26 nitrogen and oxygen atoms in total. The van der Waals surface area contributed by atoms with E-state index in [1.54, 1.807) is 24.9 Å². The topological polar surface area (TPSA) is 241 Å². The monoisotopic (exact) mass is 1580 g/mol. The first-order chi connectivity index (χ1) is 55.3. The summed E-state index contributed by atoms with van der Waals surface area (Å²) in [5.74, 6) is 0.858. The molecule has 10 aromatic rings. The number of halogens is 1. The van der Waals surface area contributed by atoms with Crippen LogP contribution in [0, 0.1) is 82.1 Å². The minimum absolute atomic E-state index is 0.0224. The van der Waals surface area contributed by atoms with Crippen LogP contribution < -0.4 is 5.32 Å². The largest absolute Gasteiger partial charge is 0.388 e. The highest BCUT2D eigenvalue weighted by Crippen LogP contribution is 2.37. The quantitative estimate of drug-likeness (QED) is 0.167. The zero-order chi connectivity index (χ0) is 81.6. The number of nitrogens with one attached hydrogen (secondary N) is 1. The molecule has 27 heteroatoms. The predicted octanol–water partition coefficient (Wildman–Crippen LogP) is 13.5. The lowest BCUT2D eigenvalue weighted by atomic mass is 9.93. The Morgan fingerprint density at radius 1 is 0.435 bits per heavy atom. The van der Waals surface area contributed by atoms with Crippen molar-refractivity contribution in [3.8, 4) is 0 Å². The lowest BCUT2D eigenvalue weighted by molar-refractivity contribution is -0.0267. The molecular weight excluding hydrogens is 1450 g/mol. The highest BCUT2D eigenvalue weighted by Gasteiger charge is 2.36. The van der Waals surface area contributed by atoms with Crippen molar-refractivity contribution in [1.82, 2.24) is 108 Å². The van der Waals surface area contributed by atoms with E-state index in [0.717, 1.165) is 154 Å². The number of nitrogens with zero attached hydrogens (tertiary/aromatic N) is 21. The Labute approximate surface area is 682 Å². The first-order valence-corrected chi connectivity index (χ1v) is 43.0. The van der Waals surface area contributed by atoms with Gasteiger partial charge in [-0.3, -0.25) is 51.7 Å². The third kappa shape index (κ3) is 21.8. The molecule has 1 fully saturated rings. The molecule has 21 rings (SSSR count). The standard InChI is InChI=1S/C12H19N3.C10H16N2O.C10H16N2.C9H13FN2.C9H14N2O.C9H14N2.C8H12N2.C7H11N3.2C7H10N2O/c1-10-8-13-15-9-11(4-5-12(10)15)14-6-2-3-7-14;1-8-6-11-12-7-10(2,13-3)5-4-9(8)12;1-3-9-4-5-10-8(2)6-11-12(10)7-9;1-7-6-11-12-5-3-4-9(2,10)8(7)12;1-7-5-10-11-6-9(2,12)4-3-8(7)11;1-7-8(2)10-11-6-4-3-5-9(7)11;1-7-6-9-10-5-3-2-4-8(7)10;1-6-4-9-10-3-2-8-5-7(6)10;2*1-6-4-8-9-2-3-10-5-7(6)9/h8,11H,2-7,9H2,1H3;6H,4-5,7H2,1-3H3;6,9H,3-5,7H2,1-2H3;6H,3-5H2,1-2H3;5,12H,3-4,6H2,1-2H3;3-6H2,1-2H3;6H,2-5H2,1H3;4,8H,2-3,5H2,1H3;2*4H,2-3,5H2,1H3/t;;9-;;;;;;;/m..0......./s1. The van der Waals surface area contributed by atoms with Gasteiger partial charge in [0.25, 0.3) is 0 Å². The average Bonchev–Trinajstić information content (AvgIpc) is 1.66. The summed E-state index contributed by atoms with van der Waals surface area (Å²) in [7, 11) is 1.78. The molecule has 1 saturated heterocycles. The van der Waals surface area contributed by atoms with Crippen LogP contribution in [-0.4, -0.2) is 165 Å². The molecule has 0 spiro atoms. The molecule has 10 aromatic heterocycles. The van der Waals surface area contributed by atoms with Crippen molar-refractivity contribution in [3.63, 3.8) is 0 Å². The number of aromatic nitrogens is 20. The summed E-state index contributed by atoms with van der Waals surface area (Å²) in [4.78, 5) is 2.65. The third-order valence-electron chi connectivity index (χ3n) is 25.4. The van der Waals surface area contributed by atoms with E-state index >= 15 is 0 Å². The number of hydrogen-bond acceptors (Lipinski definition) is 16. The van der Waals surface area contributed by atoms with Crippen molar-refractivity contribution in [2.24, 2.45) is 5.92 Å². The Morgan fingerprint density at radius 3 is 1.40 bits per heavy atom. The summed E-state index contributed by atoms with van der Waals surface area (Å²) in [5.41, 5.74) is 25.3. The molecule has 0 aromatic carbocycles. The van der Waals surface area contributed by atoms with Crippen molar-refractivity contribution in [1.29, 1.82) is 0 Å². The number of hydrogen-bond donors (Lipinski definition) is 2. The number of ether oxygens (including phenoxy) is 3. The van der Waals surface area contributed by atoms with Gasteiger partial charge < -0.3 is 24.6 Å². The average molecular weight is 1580 g/mol. The smallest absolute Gasteiger partial charge is 0.149 e. The maximum atomic E-state index is 13.9. The summed E-state index contributed by atoms with van der Waals surface area (Å²) in [6.07, 6.45) is 39.7. The fourth-order valence-corrected chi connectivity index (χ4v) is 17.7.